The van der Waals surface area contributed by atoms with Crippen molar-refractivity contribution in [2.75, 3.05) is 11.9 Å². The molecule has 0 spiro atoms. The van der Waals surface area contributed by atoms with Crippen LogP contribution in [0, 0.1) is 6.92 Å². The van der Waals surface area contributed by atoms with Gasteiger partial charge in [-0.15, -0.1) is 0 Å². The van der Waals surface area contributed by atoms with Gasteiger partial charge in [0.05, 0.1) is 0 Å². The summed E-state index contributed by atoms with van der Waals surface area (Å²) < 4.78 is 11.4. The van der Waals surface area contributed by atoms with Crippen molar-refractivity contribution < 1.29 is 13.9 Å². The monoisotopic (exact) mass is 434 g/mol. The van der Waals surface area contributed by atoms with Crippen LogP contribution in [-0.4, -0.2) is 17.5 Å². The number of nitrogens with zero attached hydrogens (tertiary/aromatic N) is 1. The molecule has 1 N–H and O–H groups in total. The van der Waals surface area contributed by atoms with Crippen molar-refractivity contribution in [3.8, 4) is 17.2 Å². The van der Waals surface area contributed by atoms with Crippen LogP contribution in [0.1, 0.15) is 30.9 Å². The highest BCUT2D eigenvalue weighted by atomic mass is 35.5. The van der Waals surface area contributed by atoms with Crippen molar-refractivity contribution in [2.45, 2.75) is 26.7 Å². The Kier molecular flexibility index (Phi) is 5.96. The largest absolute Gasteiger partial charge is 0.484 e. The molecule has 0 unspecified atom stereocenters. The number of carbonyl (C=O) groups is 1. The summed E-state index contributed by atoms with van der Waals surface area (Å²) in [4.78, 5) is 16.8. The van der Waals surface area contributed by atoms with E-state index in [1.807, 2.05) is 49.4 Å². The molecule has 6 heteroatoms. The molecule has 4 aromatic rings. The summed E-state index contributed by atoms with van der Waals surface area (Å²) in [5.41, 5.74) is 4.92. The van der Waals surface area contributed by atoms with E-state index in [0.717, 1.165) is 11.1 Å². The van der Waals surface area contributed by atoms with Crippen LogP contribution in [0.25, 0.3) is 22.6 Å². The van der Waals surface area contributed by atoms with Gasteiger partial charge in [-0.3, -0.25) is 4.79 Å². The van der Waals surface area contributed by atoms with Gasteiger partial charge in [-0.25, -0.2) is 4.98 Å². The van der Waals surface area contributed by atoms with Gasteiger partial charge in [-0.05, 0) is 66.4 Å². The van der Waals surface area contributed by atoms with Gasteiger partial charge >= 0.3 is 0 Å². The molecule has 0 aliphatic heterocycles. The zero-order chi connectivity index (χ0) is 22.0. The number of ether oxygens (including phenoxy) is 1. The maximum Gasteiger partial charge on any atom is 0.262 e. The van der Waals surface area contributed by atoms with Crippen molar-refractivity contribution >= 4 is 34.3 Å². The van der Waals surface area contributed by atoms with E-state index in [9.17, 15) is 4.79 Å². The Morgan fingerprint density at radius 2 is 1.87 bits per heavy atom. The van der Waals surface area contributed by atoms with Crippen LogP contribution in [0.2, 0.25) is 5.02 Å². The normalized spacial score (nSPS) is 11.1. The number of oxazole rings is 1. The van der Waals surface area contributed by atoms with E-state index in [4.69, 9.17) is 20.8 Å². The van der Waals surface area contributed by atoms with Crippen molar-refractivity contribution in [2.24, 2.45) is 0 Å². The lowest BCUT2D eigenvalue weighted by Crippen LogP contribution is -2.20. The third-order valence-corrected chi connectivity index (χ3v) is 5.41. The van der Waals surface area contributed by atoms with E-state index >= 15 is 0 Å². The maximum absolute atomic E-state index is 12.3. The number of carbonyl (C=O) groups excluding carboxylic acids is 1. The molecule has 158 valence electrons. The Hall–Kier alpha value is -3.31. The van der Waals surface area contributed by atoms with Gasteiger partial charge in [0.15, 0.2) is 12.2 Å². The van der Waals surface area contributed by atoms with Crippen molar-refractivity contribution in [1.29, 1.82) is 0 Å². The summed E-state index contributed by atoms with van der Waals surface area (Å²) in [6, 6.07) is 18.8. The Morgan fingerprint density at radius 1 is 1.10 bits per heavy atom. The lowest BCUT2D eigenvalue weighted by Gasteiger charge is -2.09. The predicted molar refractivity (Wildman–Crippen MR) is 124 cm³/mol. The third kappa shape index (κ3) is 4.89. The van der Waals surface area contributed by atoms with Crippen molar-refractivity contribution in [3.05, 3.63) is 76.8 Å². The molecular weight excluding hydrogens is 412 g/mol. The molecule has 3 aromatic carbocycles. The molecular formula is C25H23ClN2O3. The molecule has 0 saturated carbocycles. The SMILES string of the molecule is Cc1ccc(-c2nc3cc(NC(=O)COc4ccc(C(C)C)cc4)ccc3o2)cc1Cl. The van der Waals surface area contributed by atoms with Crippen LogP contribution < -0.4 is 10.1 Å². The zero-order valence-corrected chi connectivity index (χ0v) is 18.4. The lowest BCUT2D eigenvalue weighted by molar-refractivity contribution is -0.118. The number of halogens is 1. The fourth-order valence-electron chi connectivity index (χ4n) is 3.15. The molecule has 1 amide bonds. The fraction of sp³-hybridized carbons (Fsp3) is 0.200. The number of benzene rings is 3. The third-order valence-electron chi connectivity index (χ3n) is 5.01. The van der Waals surface area contributed by atoms with Gasteiger partial charge in [0, 0.05) is 16.3 Å². The van der Waals surface area contributed by atoms with E-state index in [-0.39, 0.29) is 12.5 Å². The predicted octanol–water partition coefficient (Wildman–Crippen LogP) is 6.60. The Balaban J connectivity index is 1.42. The van der Waals surface area contributed by atoms with Gasteiger partial charge in [0.25, 0.3) is 5.91 Å². The topological polar surface area (TPSA) is 64.4 Å². The summed E-state index contributed by atoms with van der Waals surface area (Å²) in [5.74, 6) is 1.34. The Bertz CT molecular complexity index is 1230. The molecule has 0 radical (unpaired) electrons. The minimum absolute atomic E-state index is 0.0784. The van der Waals surface area contributed by atoms with Crippen molar-refractivity contribution in [3.63, 3.8) is 0 Å². The van der Waals surface area contributed by atoms with Gasteiger partial charge in [0.1, 0.15) is 11.3 Å². The Morgan fingerprint density at radius 3 is 2.58 bits per heavy atom. The van der Waals surface area contributed by atoms with Crippen LogP contribution in [-0.2, 0) is 4.79 Å². The van der Waals surface area contributed by atoms with Crippen LogP contribution >= 0.6 is 11.6 Å². The first kappa shape index (κ1) is 20.9. The number of hydrogen-bond donors (Lipinski definition) is 1. The first-order valence-corrected chi connectivity index (χ1v) is 10.5. The summed E-state index contributed by atoms with van der Waals surface area (Å²) in [5, 5.41) is 3.49. The minimum Gasteiger partial charge on any atom is -0.484 e. The smallest absolute Gasteiger partial charge is 0.262 e. The van der Waals surface area contributed by atoms with Gasteiger partial charge in [-0.2, -0.15) is 0 Å². The average Bonchev–Trinajstić information content (AvgIpc) is 3.18. The second kappa shape index (κ2) is 8.82. The molecule has 0 bridgehead atoms. The lowest BCUT2D eigenvalue weighted by atomic mass is 10.0. The number of aromatic nitrogens is 1. The molecule has 31 heavy (non-hydrogen) atoms. The van der Waals surface area contributed by atoms with Crippen LogP contribution in [0.15, 0.2) is 65.1 Å². The minimum atomic E-state index is -0.249. The number of amides is 1. The number of aryl methyl sites for hydroxylation is 1. The quantitative estimate of drug-likeness (QED) is 0.371. The second-order valence-electron chi connectivity index (χ2n) is 7.73. The number of nitrogens with one attached hydrogen (secondary N) is 1. The first-order chi connectivity index (χ1) is 14.9. The molecule has 0 aliphatic rings. The standard InChI is InChI=1S/C25H23ClN2O3/c1-15(2)17-6-9-20(10-7-17)30-14-24(29)27-19-8-11-23-22(13-19)28-25(31-23)18-5-4-16(3)21(26)12-18/h4-13,15H,14H2,1-3H3,(H,27,29). The number of rotatable bonds is 6. The van der Waals surface area contributed by atoms with E-state index < -0.39 is 0 Å². The maximum atomic E-state index is 12.3. The molecule has 0 aliphatic carbocycles. The highest BCUT2D eigenvalue weighted by molar-refractivity contribution is 6.31. The van der Waals surface area contributed by atoms with Crippen LogP contribution in [0.4, 0.5) is 5.69 Å². The number of hydrogen-bond acceptors (Lipinski definition) is 4. The average molecular weight is 435 g/mol. The molecule has 4 rings (SSSR count). The summed E-state index contributed by atoms with van der Waals surface area (Å²) in [6.45, 7) is 6.13. The summed E-state index contributed by atoms with van der Waals surface area (Å²) in [6.07, 6.45) is 0. The molecule has 0 atom stereocenters. The molecule has 5 nitrogen and oxygen atoms in total. The van der Waals surface area contributed by atoms with Crippen molar-refractivity contribution in [1.82, 2.24) is 4.98 Å². The number of fused-ring (bicyclic) bond motifs is 1. The van der Waals surface area contributed by atoms with Gasteiger partial charge < -0.3 is 14.5 Å². The van der Waals surface area contributed by atoms with Crippen LogP contribution in [0.3, 0.4) is 0 Å². The summed E-state index contributed by atoms with van der Waals surface area (Å²) >= 11 is 6.21. The molecule has 0 fully saturated rings. The highest BCUT2D eigenvalue weighted by Gasteiger charge is 2.11. The Labute approximate surface area is 186 Å². The molecule has 1 heterocycles. The second-order valence-corrected chi connectivity index (χ2v) is 8.13. The summed E-state index contributed by atoms with van der Waals surface area (Å²) in [7, 11) is 0. The van der Waals surface area contributed by atoms with Gasteiger partial charge in [-0.1, -0.05) is 43.6 Å². The highest BCUT2D eigenvalue weighted by Crippen LogP contribution is 2.29. The first-order valence-electron chi connectivity index (χ1n) is 10.1. The molecule has 0 saturated heterocycles. The van der Waals surface area contributed by atoms with E-state index in [0.29, 0.717) is 39.4 Å². The van der Waals surface area contributed by atoms with E-state index in [2.05, 4.69) is 24.1 Å². The van der Waals surface area contributed by atoms with Gasteiger partial charge in [0.2, 0.25) is 5.89 Å². The fourth-order valence-corrected chi connectivity index (χ4v) is 3.33. The van der Waals surface area contributed by atoms with Crippen LogP contribution in [0.5, 0.6) is 5.75 Å². The zero-order valence-electron chi connectivity index (χ0n) is 17.6. The number of anilines is 1. The van der Waals surface area contributed by atoms with E-state index in [1.54, 1.807) is 18.2 Å². The molecule has 1 aromatic heterocycles. The van der Waals surface area contributed by atoms with E-state index in [1.165, 1.54) is 5.56 Å².